The van der Waals surface area contributed by atoms with Crippen LogP contribution in [0.3, 0.4) is 0 Å². The van der Waals surface area contributed by atoms with E-state index in [0.29, 0.717) is 0 Å². The van der Waals surface area contributed by atoms with Crippen LogP contribution in [0.25, 0.3) is 49.0 Å². The van der Waals surface area contributed by atoms with Crippen LogP contribution in [0, 0.1) is 5.92 Å². The van der Waals surface area contributed by atoms with E-state index >= 15 is 0 Å². The second-order valence-corrected chi connectivity index (χ2v) is 8.60. The molecule has 2 N–H and O–H groups in total. The van der Waals surface area contributed by atoms with E-state index in [9.17, 15) is 0 Å². The molecule has 1 atom stereocenters. The number of benzene rings is 3. The summed E-state index contributed by atoms with van der Waals surface area (Å²) in [6.07, 6.45) is 5.87. The van der Waals surface area contributed by atoms with Gasteiger partial charge in [0.25, 0.3) is 0 Å². The lowest BCUT2D eigenvalue weighted by atomic mass is 9.83. The molecular formula is C25H21N3. The van der Waals surface area contributed by atoms with Crippen molar-refractivity contribution in [3.63, 3.8) is 0 Å². The molecular weight excluding hydrogens is 342 g/mol. The summed E-state index contributed by atoms with van der Waals surface area (Å²) in [7, 11) is 0. The van der Waals surface area contributed by atoms with E-state index in [1.165, 1.54) is 61.9 Å². The monoisotopic (exact) mass is 363 g/mol. The fraction of sp³-hybridized carbons (Fsp3) is 0.200. The van der Waals surface area contributed by atoms with E-state index in [1.807, 2.05) is 4.68 Å². The Balaban J connectivity index is 1.89. The van der Waals surface area contributed by atoms with Crippen LogP contribution in [0.4, 0.5) is 0 Å². The number of hydrogen-bond donors (Lipinski definition) is 1. The summed E-state index contributed by atoms with van der Waals surface area (Å²) >= 11 is 0. The zero-order valence-electron chi connectivity index (χ0n) is 15.9. The molecule has 0 spiro atoms. The van der Waals surface area contributed by atoms with Gasteiger partial charge in [0.15, 0.2) is 0 Å². The molecule has 0 radical (unpaired) electrons. The van der Waals surface area contributed by atoms with Gasteiger partial charge in [-0.1, -0.05) is 37.3 Å². The van der Waals surface area contributed by atoms with Crippen molar-refractivity contribution in [2.45, 2.75) is 26.2 Å². The number of nitrogen functional groups attached to an aromatic ring is 1. The van der Waals surface area contributed by atoms with Gasteiger partial charge in [-0.25, -0.2) is 0 Å². The van der Waals surface area contributed by atoms with Crippen molar-refractivity contribution in [2.75, 3.05) is 5.84 Å². The van der Waals surface area contributed by atoms with Crippen LogP contribution in [0.1, 0.15) is 24.5 Å². The van der Waals surface area contributed by atoms with Crippen molar-refractivity contribution in [1.29, 1.82) is 0 Å². The van der Waals surface area contributed by atoms with Crippen molar-refractivity contribution < 1.29 is 0 Å². The van der Waals surface area contributed by atoms with Crippen LogP contribution in [-0.4, -0.2) is 9.08 Å². The quantitative estimate of drug-likeness (QED) is 0.349. The minimum atomic E-state index is 0.767. The third-order valence-corrected chi connectivity index (χ3v) is 7.01. The number of nitrogens with zero attached hydrogens (tertiary/aromatic N) is 2. The van der Waals surface area contributed by atoms with Crippen LogP contribution >= 0.6 is 0 Å². The molecule has 3 aromatic carbocycles. The fourth-order valence-electron chi connectivity index (χ4n) is 5.72. The number of nitrogens with two attached hydrogens (primary N) is 1. The molecule has 136 valence electrons. The van der Waals surface area contributed by atoms with Crippen molar-refractivity contribution in [3.8, 4) is 0 Å². The summed E-state index contributed by atoms with van der Waals surface area (Å²) in [6, 6.07) is 17.9. The van der Waals surface area contributed by atoms with Gasteiger partial charge in [0.05, 0.1) is 22.1 Å². The third kappa shape index (κ3) is 1.58. The molecule has 0 saturated carbocycles. The van der Waals surface area contributed by atoms with Crippen LogP contribution < -0.4 is 5.84 Å². The third-order valence-electron chi connectivity index (χ3n) is 7.01. The molecule has 28 heavy (non-hydrogen) atoms. The van der Waals surface area contributed by atoms with Crippen LogP contribution in [-0.2, 0) is 12.8 Å². The summed E-state index contributed by atoms with van der Waals surface area (Å²) in [6.45, 7) is 2.37. The van der Waals surface area contributed by atoms with Crippen LogP contribution in [0.5, 0.6) is 0 Å². The minimum absolute atomic E-state index is 0.767. The highest BCUT2D eigenvalue weighted by molar-refractivity contribution is 6.29. The van der Waals surface area contributed by atoms with Gasteiger partial charge in [0, 0.05) is 27.7 Å². The Bertz CT molecular complexity index is 1560. The second-order valence-electron chi connectivity index (χ2n) is 8.60. The maximum absolute atomic E-state index is 6.53. The van der Waals surface area contributed by atoms with E-state index < -0.39 is 0 Å². The van der Waals surface area contributed by atoms with Gasteiger partial charge in [-0.05, 0) is 59.9 Å². The van der Waals surface area contributed by atoms with Gasteiger partial charge in [-0.2, -0.15) is 0 Å². The summed E-state index contributed by atoms with van der Waals surface area (Å²) in [5.74, 6) is 7.30. The van der Waals surface area contributed by atoms with Crippen LogP contribution in [0.15, 0.2) is 54.7 Å². The first-order valence-corrected chi connectivity index (χ1v) is 10.2. The van der Waals surface area contributed by atoms with Crippen molar-refractivity contribution in [2.24, 2.45) is 5.92 Å². The highest BCUT2D eigenvalue weighted by atomic mass is 15.3. The van der Waals surface area contributed by atoms with Gasteiger partial charge >= 0.3 is 0 Å². The number of fused-ring (bicyclic) bond motifs is 5. The van der Waals surface area contributed by atoms with Crippen LogP contribution in [0.2, 0.25) is 0 Å². The molecule has 6 aromatic rings. The molecule has 0 saturated heterocycles. The summed E-state index contributed by atoms with van der Waals surface area (Å²) < 4.78 is 4.30. The molecule has 0 fully saturated rings. The van der Waals surface area contributed by atoms with E-state index in [4.69, 9.17) is 5.84 Å². The maximum atomic E-state index is 6.53. The predicted molar refractivity (Wildman–Crippen MR) is 118 cm³/mol. The lowest BCUT2D eigenvalue weighted by molar-refractivity contribution is 0.503. The summed E-state index contributed by atoms with van der Waals surface area (Å²) in [4.78, 5) is 0. The average molecular weight is 363 g/mol. The zero-order chi connectivity index (χ0) is 18.6. The van der Waals surface area contributed by atoms with E-state index in [-0.39, 0.29) is 0 Å². The van der Waals surface area contributed by atoms with E-state index in [0.717, 1.165) is 23.4 Å². The molecule has 3 nitrogen and oxygen atoms in total. The highest BCUT2D eigenvalue weighted by Crippen LogP contribution is 2.42. The number of aryl methyl sites for hydroxylation is 1. The Morgan fingerprint density at radius 2 is 1.79 bits per heavy atom. The van der Waals surface area contributed by atoms with Gasteiger partial charge in [-0.3, -0.25) is 4.68 Å². The highest BCUT2D eigenvalue weighted by Gasteiger charge is 2.23. The molecule has 3 heteroatoms. The zero-order valence-corrected chi connectivity index (χ0v) is 15.9. The molecule has 1 aliphatic rings. The molecule has 0 aliphatic heterocycles. The molecule has 1 aliphatic carbocycles. The van der Waals surface area contributed by atoms with E-state index in [2.05, 4.69) is 66.1 Å². The predicted octanol–water partition coefficient (Wildman–Crippen LogP) is 5.63. The first kappa shape index (κ1) is 14.8. The Morgan fingerprint density at radius 1 is 0.893 bits per heavy atom. The van der Waals surface area contributed by atoms with Crippen molar-refractivity contribution >= 4 is 49.0 Å². The Kier molecular flexibility index (Phi) is 2.54. The molecule has 3 heterocycles. The summed E-state index contributed by atoms with van der Waals surface area (Å²) in [5, 5.41) is 6.49. The topological polar surface area (TPSA) is 35.4 Å². The molecule has 0 bridgehead atoms. The number of rotatable bonds is 0. The van der Waals surface area contributed by atoms with Crippen molar-refractivity contribution in [3.05, 3.63) is 65.9 Å². The lowest BCUT2D eigenvalue weighted by Crippen LogP contribution is -2.12. The van der Waals surface area contributed by atoms with E-state index in [1.54, 1.807) is 0 Å². The molecule has 0 amide bonds. The Morgan fingerprint density at radius 3 is 2.71 bits per heavy atom. The van der Waals surface area contributed by atoms with Gasteiger partial charge in [-0.15, -0.1) is 0 Å². The summed E-state index contributed by atoms with van der Waals surface area (Å²) in [5.41, 5.74) is 7.95. The largest absolute Gasteiger partial charge is 0.339 e. The first-order valence-electron chi connectivity index (χ1n) is 10.2. The minimum Gasteiger partial charge on any atom is -0.339 e. The lowest BCUT2D eigenvalue weighted by Gasteiger charge is -2.23. The standard InChI is InChI=1S/C25H21N3/c1-14-5-8-17-16(13-14)6-9-19-18-3-2-4-20-22(18)23-21(28(20)26)10-7-15-11-12-27(24(15)23)25(17)19/h2-4,6-7,9-12,14H,5,8,13,26H2,1H3. The Hall–Kier alpha value is -3.20. The first-order chi connectivity index (χ1) is 13.7. The maximum Gasteiger partial charge on any atom is 0.0725 e. The molecule has 1 unspecified atom stereocenters. The van der Waals surface area contributed by atoms with Gasteiger partial charge in [0.2, 0.25) is 0 Å². The average Bonchev–Trinajstić information content (AvgIpc) is 3.22. The number of hydrogen-bond acceptors (Lipinski definition) is 1. The SMILES string of the molecule is CC1CCc2c(ccc3c4cccc5c4c4c(ccc6ccn(c23)c64)n5N)C1. The Labute approximate surface area is 162 Å². The van der Waals surface area contributed by atoms with Gasteiger partial charge < -0.3 is 10.2 Å². The molecule has 7 rings (SSSR count). The normalized spacial score (nSPS) is 17.5. The smallest absolute Gasteiger partial charge is 0.0725 e. The second kappa shape index (κ2) is 4.79. The fourth-order valence-corrected chi connectivity index (χ4v) is 5.72. The molecule has 3 aromatic heterocycles. The van der Waals surface area contributed by atoms with Gasteiger partial charge in [0.1, 0.15) is 0 Å². The number of aromatic nitrogens is 2. The van der Waals surface area contributed by atoms with Crippen molar-refractivity contribution in [1.82, 2.24) is 9.08 Å².